The number of nitrogen functional groups attached to an aromatic ring is 1. The molecule has 8 heteroatoms. The highest BCUT2D eigenvalue weighted by molar-refractivity contribution is 6.07. The van der Waals surface area contributed by atoms with Gasteiger partial charge >= 0.3 is 6.18 Å². The molecule has 0 atom stereocenters. The quantitative estimate of drug-likeness (QED) is 0.601. The molecule has 110 valence electrons. The van der Waals surface area contributed by atoms with Crippen molar-refractivity contribution in [1.29, 1.82) is 0 Å². The van der Waals surface area contributed by atoms with E-state index in [1.807, 2.05) is 0 Å². The first-order valence-electron chi connectivity index (χ1n) is 5.81. The van der Waals surface area contributed by atoms with E-state index in [1.165, 1.54) is 30.6 Å². The smallest absolute Gasteiger partial charge is 0.323 e. The second kappa shape index (κ2) is 5.80. The Morgan fingerprint density at radius 2 is 1.81 bits per heavy atom. The van der Waals surface area contributed by atoms with Crippen LogP contribution in [0.4, 0.5) is 24.5 Å². The van der Waals surface area contributed by atoms with Gasteiger partial charge in [-0.3, -0.25) is 15.6 Å². The first-order valence-corrected chi connectivity index (χ1v) is 5.81. The second-order valence-electron chi connectivity index (χ2n) is 4.09. The van der Waals surface area contributed by atoms with Gasteiger partial charge in [0, 0.05) is 18.1 Å². The number of nitrogens with zero attached hydrogens (tertiary/aromatic N) is 1. The van der Waals surface area contributed by atoms with Gasteiger partial charge in [0.2, 0.25) is 0 Å². The molecule has 2 aromatic rings. The lowest BCUT2D eigenvalue weighted by molar-refractivity contribution is -0.137. The third-order valence-electron chi connectivity index (χ3n) is 2.69. The van der Waals surface area contributed by atoms with E-state index in [4.69, 9.17) is 5.84 Å². The number of nitrogens with one attached hydrogen (secondary N) is 2. The number of hydrazine groups is 1. The molecule has 4 N–H and O–H groups in total. The number of carbonyl (C=O) groups is 1. The standard InChI is InChI=1S/C13H11F3N4O/c14-13(15,16)8-1-3-9(4-2-8)19-12(21)10-7-18-6-5-11(10)20-17/h1-7H,17H2,(H,18,20)(H,19,21). The number of hydrogen-bond acceptors (Lipinski definition) is 4. The molecule has 0 spiro atoms. The number of amides is 1. The molecule has 0 fully saturated rings. The predicted molar refractivity (Wildman–Crippen MR) is 71.4 cm³/mol. The van der Waals surface area contributed by atoms with Crippen LogP contribution in [0, 0.1) is 0 Å². The van der Waals surface area contributed by atoms with Gasteiger partial charge in [0.25, 0.3) is 5.91 Å². The number of carbonyl (C=O) groups excluding carboxylic acids is 1. The van der Waals surface area contributed by atoms with E-state index in [1.54, 1.807) is 0 Å². The normalized spacial score (nSPS) is 11.0. The van der Waals surface area contributed by atoms with Crippen molar-refractivity contribution in [3.63, 3.8) is 0 Å². The van der Waals surface area contributed by atoms with Crippen LogP contribution in [0.15, 0.2) is 42.7 Å². The minimum absolute atomic E-state index is 0.180. The van der Waals surface area contributed by atoms with Crippen molar-refractivity contribution in [2.45, 2.75) is 6.18 Å². The molecule has 1 aromatic heterocycles. The highest BCUT2D eigenvalue weighted by Gasteiger charge is 2.30. The summed E-state index contributed by atoms with van der Waals surface area (Å²) in [4.78, 5) is 15.8. The van der Waals surface area contributed by atoms with Crippen LogP contribution in [0.5, 0.6) is 0 Å². The van der Waals surface area contributed by atoms with Gasteiger partial charge in [-0.1, -0.05) is 0 Å². The van der Waals surface area contributed by atoms with E-state index in [0.717, 1.165) is 12.1 Å². The third-order valence-corrected chi connectivity index (χ3v) is 2.69. The molecule has 0 unspecified atom stereocenters. The molecule has 0 bridgehead atoms. The third kappa shape index (κ3) is 3.48. The van der Waals surface area contributed by atoms with E-state index in [-0.39, 0.29) is 11.3 Å². The summed E-state index contributed by atoms with van der Waals surface area (Å²) in [6, 6.07) is 5.63. The fraction of sp³-hybridized carbons (Fsp3) is 0.0769. The van der Waals surface area contributed by atoms with E-state index in [9.17, 15) is 18.0 Å². The number of halogens is 3. The van der Waals surface area contributed by atoms with Crippen LogP contribution in [-0.4, -0.2) is 10.9 Å². The van der Waals surface area contributed by atoms with Gasteiger partial charge in [0.1, 0.15) is 0 Å². The maximum absolute atomic E-state index is 12.4. The molecule has 1 aromatic carbocycles. The molecule has 0 aliphatic heterocycles. The highest BCUT2D eigenvalue weighted by atomic mass is 19.4. The van der Waals surface area contributed by atoms with Crippen LogP contribution >= 0.6 is 0 Å². The first-order chi connectivity index (χ1) is 9.91. The lowest BCUT2D eigenvalue weighted by atomic mass is 10.2. The van der Waals surface area contributed by atoms with Gasteiger partial charge in [-0.2, -0.15) is 13.2 Å². The van der Waals surface area contributed by atoms with Gasteiger partial charge in [-0.25, -0.2) is 0 Å². The van der Waals surface area contributed by atoms with Gasteiger partial charge in [0.05, 0.1) is 16.8 Å². The fourth-order valence-corrected chi connectivity index (χ4v) is 1.64. The van der Waals surface area contributed by atoms with Crippen molar-refractivity contribution in [3.8, 4) is 0 Å². The highest BCUT2D eigenvalue weighted by Crippen LogP contribution is 2.29. The number of rotatable bonds is 3. The molecule has 2 rings (SSSR count). The van der Waals surface area contributed by atoms with Crippen LogP contribution in [0.25, 0.3) is 0 Å². The molecular formula is C13H11F3N4O. The summed E-state index contributed by atoms with van der Waals surface area (Å²) in [6.07, 6.45) is -1.67. The van der Waals surface area contributed by atoms with Crippen LogP contribution < -0.4 is 16.6 Å². The Balaban J connectivity index is 2.16. The number of hydrogen-bond donors (Lipinski definition) is 3. The van der Waals surface area contributed by atoms with Crippen molar-refractivity contribution in [2.24, 2.45) is 5.84 Å². The van der Waals surface area contributed by atoms with Crippen LogP contribution in [0.1, 0.15) is 15.9 Å². The zero-order valence-corrected chi connectivity index (χ0v) is 10.6. The van der Waals surface area contributed by atoms with Crippen LogP contribution in [-0.2, 0) is 6.18 Å². The Morgan fingerprint density at radius 3 is 2.38 bits per heavy atom. The van der Waals surface area contributed by atoms with Crippen molar-refractivity contribution >= 4 is 17.3 Å². The Hall–Kier alpha value is -2.61. The maximum atomic E-state index is 12.4. The van der Waals surface area contributed by atoms with E-state index < -0.39 is 17.6 Å². The molecule has 0 saturated carbocycles. The summed E-state index contributed by atoms with van der Waals surface area (Å²) < 4.78 is 37.3. The average Bonchev–Trinajstić information content (AvgIpc) is 2.46. The minimum atomic E-state index is -4.41. The number of benzene rings is 1. The molecule has 1 amide bonds. The lowest BCUT2D eigenvalue weighted by Crippen LogP contribution is -2.17. The fourth-order valence-electron chi connectivity index (χ4n) is 1.64. The van der Waals surface area contributed by atoms with Crippen molar-refractivity contribution in [2.75, 3.05) is 10.7 Å². The van der Waals surface area contributed by atoms with Gasteiger partial charge in [-0.05, 0) is 30.3 Å². The number of alkyl halides is 3. The minimum Gasteiger partial charge on any atom is -0.323 e. The van der Waals surface area contributed by atoms with Crippen molar-refractivity contribution in [3.05, 3.63) is 53.9 Å². The van der Waals surface area contributed by atoms with E-state index in [2.05, 4.69) is 15.7 Å². The zero-order chi connectivity index (χ0) is 15.5. The Kier molecular flexibility index (Phi) is 4.08. The topological polar surface area (TPSA) is 80.0 Å². The molecular weight excluding hydrogens is 285 g/mol. The van der Waals surface area contributed by atoms with E-state index in [0.29, 0.717) is 5.69 Å². The molecule has 0 aliphatic carbocycles. The molecule has 1 heterocycles. The summed E-state index contributed by atoms with van der Waals surface area (Å²) in [6.45, 7) is 0. The Morgan fingerprint density at radius 1 is 1.14 bits per heavy atom. The van der Waals surface area contributed by atoms with Crippen LogP contribution in [0.3, 0.4) is 0 Å². The predicted octanol–water partition coefficient (Wildman–Crippen LogP) is 2.64. The van der Waals surface area contributed by atoms with Crippen molar-refractivity contribution < 1.29 is 18.0 Å². The lowest BCUT2D eigenvalue weighted by Gasteiger charge is -2.10. The number of pyridine rings is 1. The number of aromatic nitrogens is 1. The summed E-state index contributed by atoms with van der Waals surface area (Å²) in [7, 11) is 0. The monoisotopic (exact) mass is 296 g/mol. The summed E-state index contributed by atoms with van der Waals surface area (Å²) in [5.41, 5.74) is 2.33. The Bertz CT molecular complexity index is 641. The zero-order valence-electron chi connectivity index (χ0n) is 10.6. The molecule has 5 nitrogen and oxygen atoms in total. The molecule has 0 radical (unpaired) electrons. The SMILES string of the molecule is NNc1ccncc1C(=O)Nc1ccc(C(F)(F)F)cc1. The molecule has 21 heavy (non-hydrogen) atoms. The van der Waals surface area contributed by atoms with Crippen LogP contribution in [0.2, 0.25) is 0 Å². The second-order valence-corrected chi connectivity index (χ2v) is 4.09. The summed E-state index contributed by atoms with van der Waals surface area (Å²) in [5, 5.41) is 2.47. The van der Waals surface area contributed by atoms with Gasteiger partial charge in [-0.15, -0.1) is 0 Å². The average molecular weight is 296 g/mol. The maximum Gasteiger partial charge on any atom is 0.416 e. The first kappa shape index (κ1) is 14.8. The van der Waals surface area contributed by atoms with E-state index >= 15 is 0 Å². The van der Waals surface area contributed by atoms with Gasteiger partial charge < -0.3 is 10.7 Å². The number of anilines is 2. The summed E-state index contributed by atoms with van der Waals surface area (Å²) in [5.74, 6) is 4.74. The van der Waals surface area contributed by atoms with Crippen molar-refractivity contribution in [1.82, 2.24) is 4.98 Å². The molecule has 0 aliphatic rings. The molecule has 0 saturated heterocycles. The number of nitrogens with two attached hydrogens (primary N) is 1. The largest absolute Gasteiger partial charge is 0.416 e. The summed E-state index contributed by atoms with van der Waals surface area (Å²) >= 11 is 0. The van der Waals surface area contributed by atoms with Gasteiger partial charge in [0.15, 0.2) is 0 Å². The Labute approximate surface area is 118 Å².